The van der Waals surface area contributed by atoms with Crippen molar-refractivity contribution in [2.75, 3.05) is 0 Å². The number of carbonyl (C=O) groups excluding carboxylic acids is 1. The SMILES string of the molecule is C=C/C=C\C(=C)Cc1c(C)sc2c1CN(C(=O)OCc1ccccc1)Cc1nnc(C)n1-2. The molecule has 0 N–H and O–H groups in total. The van der Waals surface area contributed by atoms with Crippen LogP contribution in [0.3, 0.4) is 0 Å². The second-order valence-corrected chi connectivity index (χ2v) is 8.95. The number of nitrogens with zero attached hydrogens (tertiary/aromatic N) is 4. The molecule has 0 radical (unpaired) electrons. The second kappa shape index (κ2) is 9.36. The second-order valence-electron chi connectivity index (χ2n) is 7.75. The molecule has 0 bridgehead atoms. The first-order valence-corrected chi connectivity index (χ1v) is 11.2. The van der Waals surface area contributed by atoms with Crippen LogP contribution in [0.1, 0.15) is 33.2 Å². The molecule has 1 aromatic carbocycles. The van der Waals surface area contributed by atoms with Gasteiger partial charge >= 0.3 is 6.09 Å². The van der Waals surface area contributed by atoms with Gasteiger partial charge in [0.1, 0.15) is 17.4 Å². The Morgan fingerprint density at radius 1 is 1.22 bits per heavy atom. The highest BCUT2D eigenvalue weighted by molar-refractivity contribution is 7.14. The number of hydrogen-bond acceptors (Lipinski definition) is 5. The Kier molecular flexibility index (Phi) is 6.37. The highest BCUT2D eigenvalue weighted by Crippen LogP contribution is 2.37. The lowest BCUT2D eigenvalue weighted by molar-refractivity contribution is 0.0906. The van der Waals surface area contributed by atoms with Crippen LogP contribution in [-0.4, -0.2) is 25.8 Å². The number of benzene rings is 1. The van der Waals surface area contributed by atoms with E-state index in [4.69, 9.17) is 4.74 Å². The third kappa shape index (κ3) is 4.43. The molecular formula is C25H26N4O2S. The Labute approximate surface area is 192 Å². The molecule has 164 valence electrons. The zero-order valence-corrected chi connectivity index (χ0v) is 19.2. The largest absolute Gasteiger partial charge is 0.445 e. The minimum Gasteiger partial charge on any atom is -0.445 e. The van der Waals surface area contributed by atoms with Crippen molar-refractivity contribution in [2.24, 2.45) is 0 Å². The fraction of sp³-hybridized carbons (Fsp3) is 0.240. The van der Waals surface area contributed by atoms with Crippen molar-refractivity contribution in [1.82, 2.24) is 19.7 Å². The van der Waals surface area contributed by atoms with Crippen LogP contribution in [0.15, 0.2) is 67.3 Å². The molecule has 4 rings (SSSR count). The molecule has 1 aliphatic heterocycles. The Bertz CT molecular complexity index is 1190. The van der Waals surface area contributed by atoms with Gasteiger partial charge < -0.3 is 4.74 Å². The van der Waals surface area contributed by atoms with Gasteiger partial charge in [-0.3, -0.25) is 9.47 Å². The van der Waals surface area contributed by atoms with E-state index in [1.54, 1.807) is 22.3 Å². The van der Waals surface area contributed by atoms with Gasteiger partial charge in [0.25, 0.3) is 0 Å². The van der Waals surface area contributed by atoms with Gasteiger partial charge in [-0.1, -0.05) is 67.3 Å². The highest BCUT2D eigenvalue weighted by atomic mass is 32.1. The van der Waals surface area contributed by atoms with Crippen molar-refractivity contribution >= 4 is 17.4 Å². The molecule has 0 aliphatic carbocycles. The Hall–Kier alpha value is -3.45. The lowest BCUT2D eigenvalue weighted by atomic mass is 10.0. The van der Waals surface area contributed by atoms with E-state index >= 15 is 0 Å². The highest BCUT2D eigenvalue weighted by Gasteiger charge is 2.30. The predicted molar refractivity (Wildman–Crippen MR) is 127 cm³/mol. The van der Waals surface area contributed by atoms with Crippen molar-refractivity contribution in [3.8, 4) is 5.00 Å². The summed E-state index contributed by atoms with van der Waals surface area (Å²) >= 11 is 1.70. The summed E-state index contributed by atoms with van der Waals surface area (Å²) in [4.78, 5) is 15.9. The standard InChI is InChI=1S/C25H26N4O2S/c1-5-6-10-17(2)13-21-18(3)32-24-22(21)14-28(15-23-27-26-19(4)29(23)24)25(30)31-16-20-11-8-7-9-12-20/h5-12H,1-2,13-16H2,3-4H3/b10-6-. The van der Waals surface area contributed by atoms with Gasteiger partial charge in [0.2, 0.25) is 0 Å². The van der Waals surface area contributed by atoms with E-state index in [2.05, 4.69) is 34.8 Å². The van der Waals surface area contributed by atoms with Gasteiger partial charge in [-0.25, -0.2) is 4.79 Å². The van der Waals surface area contributed by atoms with E-state index in [0.717, 1.165) is 33.3 Å². The van der Waals surface area contributed by atoms with Crippen molar-refractivity contribution in [2.45, 2.75) is 40.0 Å². The molecule has 1 aliphatic rings. The molecule has 0 atom stereocenters. The number of allylic oxidation sites excluding steroid dienone is 4. The molecule has 1 amide bonds. The van der Waals surface area contributed by atoms with Crippen LogP contribution in [0, 0.1) is 13.8 Å². The van der Waals surface area contributed by atoms with Crippen molar-refractivity contribution < 1.29 is 9.53 Å². The quantitative estimate of drug-likeness (QED) is 0.473. The number of carbonyl (C=O) groups is 1. The molecule has 2 aromatic heterocycles. The van der Waals surface area contributed by atoms with E-state index in [9.17, 15) is 4.79 Å². The molecule has 3 aromatic rings. The fourth-order valence-corrected chi connectivity index (χ4v) is 5.05. The average Bonchev–Trinajstić information content (AvgIpc) is 3.23. The monoisotopic (exact) mass is 446 g/mol. The molecule has 0 unspecified atom stereocenters. The third-order valence-corrected chi connectivity index (χ3v) is 6.58. The van der Waals surface area contributed by atoms with Crippen molar-refractivity contribution in [3.05, 3.63) is 101 Å². The summed E-state index contributed by atoms with van der Waals surface area (Å²) in [7, 11) is 0. The van der Waals surface area contributed by atoms with Crippen LogP contribution < -0.4 is 0 Å². The van der Waals surface area contributed by atoms with Crippen LogP contribution in [0.25, 0.3) is 5.00 Å². The number of hydrogen-bond donors (Lipinski definition) is 0. The molecule has 6 nitrogen and oxygen atoms in total. The molecular weight excluding hydrogens is 420 g/mol. The molecule has 0 saturated carbocycles. The van der Waals surface area contributed by atoms with Gasteiger partial charge in [0.15, 0.2) is 5.82 Å². The molecule has 7 heteroatoms. The van der Waals surface area contributed by atoms with Crippen molar-refractivity contribution in [3.63, 3.8) is 0 Å². The van der Waals surface area contributed by atoms with Crippen molar-refractivity contribution in [1.29, 1.82) is 0 Å². The summed E-state index contributed by atoms with van der Waals surface area (Å²) < 4.78 is 7.69. The normalized spacial score (nSPS) is 12.9. The van der Waals surface area contributed by atoms with E-state index in [-0.39, 0.29) is 12.7 Å². The fourth-order valence-electron chi connectivity index (χ4n) is 3.80. The number of aromatic nitrogens is 3. The van der Waals surface area contributed by atoms with E-state index in [1.165, 1.54) is 10.4 Å². The number of fused-ring (bicyclic) bond motifs is 3. The Balaban J connectivity index is 1.66. The summed E-state index contributed by atoms with van der Waals surface area (Å²) in [6.45, 7) is 13.0. The average molecular weight is 447 g/mol. The molecule has 0 saturated heterocycles. The summed E-state index contributed by atoms with van der Waals surface area (Å²) in [6, 6.07) is 9.68. The Morgan fingerprint density at radius 3 is 2.75 bits per heavy atom. The number of aryl methyl sites for hydroxylation is 2. The maximum atomic E-state index is 13.0. The maximum absolute atomic E-state index is 13.0. The van der Waals surface area contributed by atoms with Crippen LogP contribution >= 0.6 is 11.3 Å². The van der Waals surface area contributed by atoms with Crippen LogP contribution in [0.5, 0.6) is 0 Å². The smallest absolute Gasteiger partial charge is 0.410 e. The zero-order valence-electron chi connectivity index (χ0n) is 18.4. The predicted octanol–water partition coefficient (Wildman–Crippen LogP) is 5.44. The van der Waals surface area contributed by atoms with Crippen LogP contribution in [-0.2, 0) is 30.9 Å². The maximum Gasteiger partial charge on any atom is 0.410 e. The van der Waals surface area contributed by atoms with E-state index in [0.29, 0.717) is 19.5 Å². The minimum absolute atomic E-state index is 0.230. The summed E-state index contributed by atoms with van der Waals surface area (Å²) in [5.41, 5.74) is 4.22. The van der Waals surface area contributed by atoms with Gasteiger partial charge in [0, 0.05) is 10.4 Å². The van der Waals surface area contributed by atoms with E-state index in [1.807, 2.05) is 49.4 Å². The van der Waals surface area contributed by atoms with Gasteiger partial charge in [0.05, 0.1) is 13.1 Å². The zero-order chi connectivity index (χ0) is 22.7. The first kappa shape index (κ1) is 21.8. The summed E-state index contributed by atoms with van der Waals surface area (Å²) in [5, 5.41) is 9.67. The topological polar surface area (TPSA) is 60.3 Å². The number of rotatable bonds is 6. The molecule has 0 fully saturated rings. The summed E-state index contributed by atoms with van der Waals surface area (Å²) in [5.74, 6) is 1.54. The first-order chi connectivity index (χ1) is 15.5. The number of thiophene rings is 1. The molecule has 0 spiro atoms. The van der Waals surface area contributed by atoms with Gasteiger partial charge in [-0.2, -0.15) is 0 Å². The van der Waals surface area contributed by atoms with Gasteiger partial charge in [-0.15, -0.1) is 21.5 Å². The lowest BCUT2D eigenvalue weighted by Crippen LogP contribution is -2.30. The minimum atomic E-state index is -0.367. The number of ether oxygens (including phenoxy) is 1. The molecule has 32 heavy (non-hydrogen) atoms. The summed E-state index contributed by atoms with van der Waals surface area (Å²) in [6.07, 6.45) is 5.93. The lowest BCUT2D eigenvalue weighted by Gasteiger charge is -2.20. The first-order valence-electron chi connectivity index (χ1n) is 10.4. The number of amides is 1. The van der Waals surface area contributed by atoms with Crippen LogP contribution in [0.4, 0.5) is 4.79 Å². The van der Waals surface area contributed by atoms with E-state index < -0.39 is 0 Å². The molecule has 3 heterocycles. The third-order valence-electron chi connectivity index (χ3n) is 5.41. The van der Waals surface area contributed by atoms with Gasteiger partial charge in [-0.05, 0) is 31.4 Å². The Morgan fingerprint density at radius 2 is 2.00 bits per heavy atom. The van der Waals surface area contributed by atoms with Crippen LogP contribution in [0.2, 0.25) is 0 Å².